The molecule has 0 fully saturated rings. The summed E-state index contributed by atoms with van der Waals surface area (Å²) in [6.07, 6.45) is 2.10. The van der Waals surface area contributed by atoms with Crippen LogP contribution in [-0.2, 0) is 11.2 Å². The number of carbonyl (C=O) groups excluding carboxylic acids is 1. The van der Waals surface area contributed by atoms with Gasteiger partial charge in [-0.15, -0.1) is 10.2 Å². The number of nitrogens with one attached hydrogen (secondary N) is 1. The molecule has 0 aliphatic carbocycles. The first-order chi connectivity index (χ1) is 16.4. The fourth-order valence-electron chi connectivity index (χ4n) is 3.25. The van der Waals surface area contributed by atoms with Crippen molar-refractivity contribution in [2.45, 2.75) is 24.6 Å². The zero-order chi connectivity index (χ0) is 24.5. The van der Waals surface area contributed by atoms with Crippen LogP contribution in [0.2, 0.25) is 0 Å². The lowest BCUT2D eigenvalue weighted by Crippen LogP contribution is -2.23. The number of benzene rings is 2. The van der Waals surface area contributed by atoms with Gasteiger partial charge in [0.15, 0.2) is 15.8 Å². The number of aryl methyl sites for hydroxylation is 2. The molecular weight excluding hydrogens is 472 g/mol. The zero-order valence-corrected chi connectivity index (χ0v) is 21.1. The first-order valence-electron chi connectivity index (χ1n) is 10.5. The monoisotopic (exact) mass is 498 g/mol. The summed E-state index contributed by atoms with van der Waals surface area (Å²) in [6, 6.07) is 13.4. The fraction of sp³-hybridized carbons (Fsp3) is 0.333. The second-order valence-electron chi connectivity index (χ2n) is 7.36. The van der Waals surface area contributed by atoms with E-state index in [0.717, 1.165) is 26.8 Å². The Morgan fingerprint density at radius 1 is 1.15 bits per heavy atom. The third-order valence-electron chi connectivity index (χ3n) is 4.95. The van der Waals surface area contributed by atoms with Gasteiger partial charge >= 0.3 is 0 Å². The van der Waals surface area contributed by atoms with Crippen LogP contribution in [0.15, 0.2) is 40.7 Å². The van der Waals surface area contributed by atoms with Crippen molar-refractivity contribution in [1.29, 1.82) is 5.26 Å². The van der Waals surface area contributed by atoms with E-state index in [-0.39, 0.29) is 6.42 Å². The molecule has 2 aromatic carbocycles. The van der Waals surface area contributed by atoms with Crippen molar-refractivity contribution in [3.05, 3.63) is 53.1 Å². The van der Waals surface area contributed by atoms with E-state index in [2.05, 4.69) is 21.6 Å². The molecule has 3 aromatic rings. The first kappa shape index (κ1) is 25.3. The Morgan fingerprint density at radius 3 is 2.53 bits per heavy atom. The number of hydrogen-bond donors (Lipinski definition) is 1. The third kappa shape index (κ3) is 6.62. The van der Waals surface area contributed by atoms with Crippen molar-refractivity contribution >= 4 is 34.1 Å². The van der Waals surface area contributed by atoms with Gasteiger partial charge in [-0.05, 0) is 55.3 Å². The SMILES string of the molecule is COc1cc(CC(C#N)C(=O)Nc2nnc(SC)s2)ccc1OCCOc1c(C)cccc1C. The van der Waals surface area contributed by atoms with E-state index in [4.69, 9.17) is 14.2 Å². The second kappa shape index (κ2) is 12.3. The minimum absolute atomic E-state index is 0.225. The molecule has 8 nitrogen and oxygen atoms in total. The number of rotatable bonds is 11. The van der Waals surface area contributed by atoms with Crippen LogP contribution in [0.3, 0.4) is 0 Å². The second-order valence-corrected chi connectivity index (χ2v) is 9.39. The van der Waals surface area contributed by atoms with E-state index in [1.807, 2.05) is 44.4 Å². The molecule has 0 saturated carbocycles. The van der Waals surface area contributed by atoms with Crippen LogP contribution in [0.4, 0.5) is 5.13 Å². The Labute approximate surface area is 207 Å². The molecule has 10 heteroatoms. The number of carbonyl (C=O) groups is 1. The highest BCUT2D eigenvalue weighted by molar-refractivity contribution is 8.00. The van der Waals surface area contributed by atoms with Gasteiger partial charge in [-0.25, -0.2) is 0 Å². The van der Waals surface area contributed by atoms with Crippen molar-refractivity contribution in [2.24, 2.45) is 5.92 Å². The molecule has 0 spiro atoms. The lowest BCUT2D eigenvalue weighted by molar-refractivity contribution is -0.118. The van der Waals surface area contributed by atoms with Crippen molar-refractivity contribution in [3.63, 3.8) is 0 Å². The third-order valence-corrected chi connectivity index (χ3v) is 6.76. The van der Waals surface area contributed by atoms with Crippen LogP contribution in [0.5, 0.6) is 17.2 Å². The van der Waals surface area contributed by atoms with Crippen molar-refractivity contribution < 1.29 is 19.0 Å². The van der Waals surface area contributed by atoms with E-state index in [9.17, 15) is 10.1 Å². The molecule has 1 heterocycles. The molecule has 0 radical (unpaired) electrons. The van der Waals surface area contributed by atoms with Crippen molar-refractivity contribution in [1.82, 2.24) is 10.2 Å². The van der Waals surface area contributed by atoms with E-state index in [0.29, 0.717) is 29.8 Å². The number of hydrogen-bond acceptors (Lipinski definition) is 9. The molecule has 0 aliphatic heterocycles. The van der Waals surface area contributed by atoms with Gasteiger partial charge < -0.3 is 14.2 Å². The molecule has 1 amide bonds. The van der Waals surface area contributed by atoms with Gasteiger partial charge in [0.2, 0.25) is 11.0 Å². The molecule has 1 atom stereocenters. The summed E-state index contributed by atoms with van der Waals surface area (Å²) in [6.45, 7) is 4.74. The Kier molecular flexibility index (Phi) is 9.13. The minimum atomic E-state index is -0.885. The van der Waals surface area contributed by atoms with Crippen LogP contribution < -0.4 is 19.5 Å². The van der Waals surface area contributed by atoms with Crippen molar-refractivity contribution in [2.75, 3.05) is 31.9 Å². The number of para-hydroxylation sites is 1. The number of aromatic nitrogens is 2. The van der Waals surface area contributed by atoms with Gasteiger partial charge in [0.25, 0.3) is 0 Å². The number of nitriles is 1. The van der Waals surface area contributed by atoms with Crippen LogP contribution in [-0.4, -0.2) is 42.7 Å². The van der Waals surface area contributed by atoms with Gasteiger partial charge in [0.1, 0.15) is 24.9 Å². The van der Waals surface area contributed by atoms with Crippen LogP contribution in [0, 0.1) is 31.1 Å². The van der Waals surface area contributed by atoms with Crippen LogP contribution in [0.1, 0.15) is 16.7 Å². The van der Waals surface area contributed by atoms with Crippen LogP contribution in [0.25, 0.3) is 0 Å². The van der Waals surface area contributed by atoms with E-state index < -0.39 is 11.8 Å². The molecule has 0 saturated heterocycles. The predicted molar refractivity (Wildman–Crippen MR) is 133 cm³/mol. The number of ether oxygens (including phenoxy) is 3. The summed E-state index contributed by atoms with van der Waals surface area (Å²) in [5, 5.41) is 20.4. The van der Waals surface area contributed by atoms with Gasteiger partial charge in [-0.3, -0.25) is 10.1 Å². The molecular formula is C24H26N4O4S2. The Bertz CT molecular complexity index is 1160. The Morgan fingerprint density at radius 2 is 1.88 bits per heavy atom. The molecule has 34 heavy (non-hydrogen) atoms. The highest BCUT2D eigenvalue weighted by Crippen LogP contribution is 2.30. The molecule has 1 N–H and O–H groups in total. The minimum Gasteiger partial charge on any atom is -0.493 e. The van der Waals surface area contributed by atoms with Gasteiger partial charge in [-0.1, -0.05) is 47.4 Å². The maximum atomic E-state index is 12.5. The number of anilines is 1. The first-order valence-corrected chi connectivity index (χ1v) is 12.6. The zero-order valence-electron chi connectivity index (χ0n) is 19.5. The molecule has 1 aromatic heterocycles. The smallest absolute Gasteiger partial charge is 0.243 e. The molecule has 1 unspecified atom stereocenters. The number of amides is 1. The summed E-state index contributed by atoms with van der Waals surface area (Å²) < 4.78 is 17.9. The average molecular weight is 499 g/mol. The quantitative estimate of drug-likeness (QED) is 0.231. The highest BCUT2D eigenvalue weighted by Gasteiger charge is 2.21. The standard InChI is InChI=1S/C24H26N4O4S2/c1-15-6-5-7-16(2)21(15)32-11-10-31-19-9-8-17(13-20(19)30-3)12-18(14-25)22(29)26-23-27-28-24(33-4)34-23/h5-9,13,18H,10-12H2,1-4H3,(H,26,27,29). The number of nitrogens with zero attached hydrogens (tertiary/aromatic N) is 3. The highest BCUT2D eigenvalue weighted by atomic mass is 32.2. The van der Waals surface area contributed by atoms with E-state index in [1.54, 1.807) is 19.2 Å². The van der Waals surface area contributed by atoms with Crippen LogP contribution >= 0.6 is 23.1 Å². The topological polar surface area (TPSA) is 106 Å². The molecule has 0 bridgehead atoms. The molecule has 178 valence electrons. The summed E-state index contributed by atoms with van der Waals surface area (Å²) in [5.41, 5.74) is 2.93. The fourth-order valence-corrected chi connectivity index (χ4v) is 4.42. The summed E-state index contributed by atoms with van der Waals surface area (Å²) >= 11 is 2.71. The predicted octanol–water partition coefficient (Wildman–Crippen LogP) is 4.66. The number of methoxy groups -OCH3 is 1. The van der Waals surface area contributed by atoms with Gasteiger partial charge in [-0.2, -0.15) is 5.26 Å². The largest absolute Gasteiger partial charge is 0.493 e. The Balaban J connectivity index is 1.57. The van der Waals surface area contributed by atoms with Gasteiger partial charge in [0.05, 0.1) is 13.2 Å². The normalized spacial score (nSPS) is 11.4. The summed E-state index contributed by atoms with van der Waals surface area (Å²) in [5.74, 6) is 0.647. The molecule has 0 aliphatic rings. The Hall–Kier alpha value is -3.29. The maximum absolute atomic E-state index is 12.5. The average Bonchev–Trinajstić information content (AvgIpc) is 3.29. The van der Waals surface area contributed by atoms with Gasteiger partial charge in [0, 0.05) is 0 Å². The van der Waals surface area contributed by atoms with E-state index in [1.165, 1.54) is 23.1 Å². The van der Waals surface area contributed by atoms with E-state index >= 15 is 0 Å². The lowest BCUT2D eigenvalue weighted by Gasteiger charge is -2.15. The maximum Gasteiger partial charge on any atom is 0.243 e. The summed E-state index contributed by atoms with van der Waals surface area (Å²) in [7, 11) is 1.55. The van der Waals surface area contributed by atoms with Crippen molar-refractivity contribution in [3.8, 4) is 23.3 Å². The lowest BCUT2D eigenvalue weighted by atomic mass is 9.99. The summed E-state index contributed by atoms with van der Waals surface area (Å²) in [4.78, 5) is 12.5. The number of thioether (sulfide) groups is 1. The molecule has 3 rings (SSSR count).